The van der Waals surface area contributed by atoms with Crippen molar-refractivity contribution < 1.29 is 23.9 Å². The second kappa shape index (κ2) is 11.3. The summed E-state index contributed by atoms with van der Waals surface area (Å²) >= 11 is 1.24. The van der Waals surface area contributed by atoms with E-state index in [0.29, 0.717) is 35.1 Å². The SMILES string of the molecule is CCOC(=O)[C@@H]1CCCN(Cc2ccc3c(NC(=O)C4CCCCC4)c(C(=O)OC)sc3n2)C1. The zero-order chi connectivity index (χ0) is 24.1. The van der Waals surface area contributed by atoms with Gasteiger partial charge in [0.25, 0.3) is 0 Å². The van der Waals surface area contributed by atoms with Gasteiger partial charge in [0, 0.05) is 24.4 Å². The highest BCUT2D eigenvalue weighted by atomic mass is 32.1. The molecule has 1 aliphatic heterocycles. The van der Waals surface area contributed by atoms with E-state index in [9.17, 15) is 14.4 Å². The van der Waals surface area contributed by atoms with Gasteiger partial charge in [-0.1, -0.05) is 19.3 Å². The molecule has 34 heavy (non-hydrogen) atoms. The summed E-state index contributed by atoms with van der Waals surface area (Å²) in [6.45, 7) is 4.39. The number of rotatable bonds is 7. The van der Waals surface area contributed by atoms with E-state index >= 15 is 0 Å². The van der Waals surface area contributed by atoms with Gasteiger partial charge in [-0.3, -0.25) is 14.5 Å². The molecule has 4 rings (SSSR count). The maximum absolute atomic E-state index is 12.9. The third kappa shape index (κ3) is 5.58. The number of aromatic nitrogens is 1. The lowest BCUT2D eigenvalue weighted by Gasteiger charge is -2.31. The lowest BCUT2D eigenvalue weighted by atomic mass is 9.88. The zero-order valence-electron chi connectivity index (χ0n) is 19.9. The standard InChI is InChI=1S/C25H33N3O5S/c1-3-33-24(30)17-10-7-13-28(14-17)15-18-11-12-19-20(21(25(31)32-2)34-23(19)26-18)27-22(29)16-8-5-4-6-9-16/h11-12,16-17H,3-10,13-15H2,1-2H3,(H,27,29)/t17-/m1/s1. The van der Waals surface area contributed by atoms with Crippen molar-refractivity contribution in [3.8, 4) is 0 Å². The summed E-state index contributed by atoms with van der Waals surface area (Å²) in [6, 6.07) is 3.85. The van der Waals surface area contributed by atoms with Gasteiger partial charge in [-0.05, 0) is 51.3 Å². The number of ether oxygens (including phenoxy) is 2. The summed E-state index contributed by atoms with van der Waals surface area (Å²) in [4.78, 5) is 45.6. The molecule has 2 aromatic rings. The molecule has 0 radical (unpaired) electrons. The molecular weight excluding hydrogens is 454 g/mol. The Morgan fingerprint density at radius 2 is 1.88 bits per heavy atom. The number of anilines is 1. The molecular formula is C25H33N3O5S. The number of carbonyl (C=O) groups is 3. The van der Waals surface area contributed by atoms with Gasteiger partial charge in [-0.15, -0.1) is 11.3 Å². The van der Waals surface area contributed by atoms with Crippen LogP contribution in [0.1, 0.15) is 67.2 Å². The van der Waals surface area contributed by atoms with Crippen LogP contribution in [0.25, 0.3) is 10.2 Å². The Labute approximate surface area is 204 Å². The molecule has 0 spiro atoms. The average molecular weight is 488 g/mol. The summed E-state index contributed by atoms with van der Waals surface area (Å²) < 4.78 is 10.2. The number of pyridine rings is 1. The minimum Gasteiger partial charge on any atom is -0.466 e. The van der Waals surface area contributed by atoms with E-state index in [2.05, 4.69) is 10.2 Å². The first-order valence-electron chi connectivity index (χ1n) is 12.2. The van der Waals surface area contributed by atoms with Crippen molar-refractivity contribution in [2.24, 2.45) is 11.8 Å². The van der Waals surface area contributed by atoms with Gasteiger partial charge in [0.15, 0.2) is 0 Å². The second-order valence-corrected chi connectivity index (χ2v) is 10.1. The van der Waals surface area contributed by atoms with Crippen LogP contribution < -0.4 is 5.32 Å². The molecule has 3 heterocycles. The molecule has 2 aliphatic rings. The van der Waals surface area contributed by atoms with Crippen molar-refractivity contribution in [2.75, 3.05) is 32.1 Å². The number of carbonyl (C=O) groups excluding carboxylic acids is 3. The highest BCUT2D eigenvalue weighted by Crippen LogP contribution is 2.37. The monoisotopic (exact) mass is 487 g/mol. The predicted molar refractivity (Wildman–Crippen MR) is 131 cm³/mol. The van der Waals surface area contributed by atoms with Crippen LogP contribution in [-0.2, 0) is 25.6 Å². The molecule has 0 bridgehead atoms. The highest BCUT2D eigenvalue weighted by Gasteiger charge is 2.28. The van der Waals surface area contributed by atoms with Crippen LogP contribution in [0.4, 0.5) is 5.69 Å². The van der Waals surface area contributed by atoms with Gasteiger partial charge in [0.05, 0.1) is 31.0 Å². The smallest absolute Gasteiger partial charge is 0.350 e. The van der Waals surface area contributed by atoms with Crippen molar-refractivity contribution in [1.29, 1.82) is 0 Å². The Bertz CT molecular complexity index is 1050. The first-order valence-corrected chi connectivity index (χ1v) is 13.0. The fourth-order valence-electron chi connectivity index (χ4n) is 4.94. The number of methoxy groups -OCH3 is 1. The molecule has 1 N–H and O–H groups in total. The summed E-state index contributed by atoms with van der Waals surface area (Å²) in [5.74, 6) is -0.765. The van der Waals surface area contributed by atoms with E-state index in [1.165, 1.54) is 24.9 Å². The van der Waals surface area contributed by atoms with Crippen molar-refractivity contribution >= 4 is 45.1 Å². The third-order valence-corrected chi connectivity index (χ3v) is 7.80. The van der Waals surface area contributed by atoms with Gasteiger partial charge in [0.2, 0.25) is 5.91 Å². The lowest BCUT2D eigenvalue weighted by molar-refractivity contribution is -0.150. The fourth-order valence-corrected chi connectivity index (χ4v) is 6.00. The number of amides is 1. The minimum atomic E-state index is -0.475. The Hall–Kier alpha value is -2.52. The van der Waals surface area contributed by atoms with Crippen molar-refractivity contribution in [3.63, 3.8) is 0 Å². The van der Waals surface area contributed by atoms with Crippen molar-refractivity contribution in [3.05, 3.63) is 22.7 Å². The number of fused-ring (bicyclic) bond motifs is 1. The quantitative estimate of drug-likeness (QED) is 0.579. The second-order valence-electron chi connectivity index (χ2n) is 9.10. The van der Waals surface area contributed by atoms with E-state index in [1.54, 1.807) is 0 Å². The molecule has 9 heteroatoms. The molecule has 2 aromatic heterocycles. The van der Waals surface area contributed by atoms with Crippen molar-refractivity contribution in [2.45, 2.75) is 58.4 Å². The van der Waals surface area contributed by atoms with E-state index < -0.39 is 5.97 Å². The normalized spacial score (nSPS) is 19.6. The van der Waals surface area contributed by atoms with Crippen LogP contribution in [-0.4, -0.2) is 54.5 Å². The highest BCUT2D eigenvalue weighted by molar-refractivity contribution is 7.21. The molecule has 0 unspecified atom stereocenters. The summed E-state index contributed by atoms with van der Waals surface area (Å²) in [5.41, 5.74) is 1.36. The van der Waals surface area contributed by atoms with E-state index in [-0.39, 0.29) is 23.7 Å². The first kappa shape index (κ1) is 24.6. The fraction of sp³-hybridized carbons (Fsp3) is 0.600. The Kier molecular flexibility index (Phi) is 8.15. The maximum atomic E-state index is 12.9. The van der Waals surface area contributed by atoms with Gasteiger partial charge < -0.3 is 14.8 Å². The van der Waals surface area contributed by atoms with E-state index in [1.807, 2.05) is 19.1 Å². The number of likely N-dealkylation sites (tertiary alicyclic amines) is 1. The molecule has 1 atom stereocenters. The number of hydrogen-bond acceptors (Lipinski definition) is 8. The number of thiophene rings is 1. The van der Waals surface area contributed by atoms with Gasteiger partial charge >= 0.3 is 11.9 Å². The van der Waals surface area contributed by atoms with E-state index in [4.69, 9.17) is 14.5 Å². The Morgan fingerprint density at radius 3 is 2.62 bits per heavy atom. The molecule has 1 amide bonds. The molecule has 1 saturated heterocycles. The van der Waals surface area contributed by atoms with Crippen LogP contribution in [0.3, 0.4) is 0 Å². The minimum absolute atomic E-state index is 0.0205. The number of esters is 2. The predicted octanol–water partition coefficient (Wildman–Crippen LogP) is 4.38. The lowest BCUT2D eigenvalue weighted by Crippen LogP contribution is -2.39. The number of nitrogens with zero attached hydrogens (tertiary/aromatic N) is 2. The molecule has 1 aliphatic carbocycles. The topological polar surface area (TPSA) is 97.8 Å². The Morgan fingerprint density at radius 1 is 1.12 bits per heavy atom. The van der Waals surface area contributed by atoms with Crippen LogP contribution in [0, 0.1) is 11.8 Å². The molecule has 1 saturated carbocycles. The number of piperidine rings is 1. The Balaban J connectivity index is 1.53. The summed E-state index contributed by atoms with van der Waals surface area (Å²) in [7, 11) is 1.34. The van der Waals surface area contributed by atoms with Crippen LogP contribution in [0.15, 0.2) is 12.1 Å². The molecule has 0 aromatic carbocycles. The number of hydrogen-bond donors (Lipinski definition) is 1. The van der Waals surface area contributed by atoms with Crippen LogP contribution >= 0.6 is 11.3 Å². The van der Waals surface area contributed by atoms with Gasteiger partial charge in [0.1, 0.15) is 9.71 Å². The molecule has 2 fully saturated rings. The zero-order valence-corrected chi connectivity index (χ0v) is 20.7. The van der Waals surface area contributed by atoms with Crippen molar-refractivity contribution in [1.82, 2.24) is 9.88 Å². The van der Waals surface area contributed by atoms with Crippen LogP contribution in [0.5, 0.6) is 0 Å². The maximum Gasteiger partial charge on any atom is 0.350 e. The summed E-state index contributed by atoms with van der Waals surface area (Å²) in [6.07, 6.45) is 6.84. The van der Waals surface area contributed by atoms with E-state index in [0.717, 1.165) is 56.1 Å². The van der Waals surface area contributed by atoms with Crippen LogP contribution in [0.2, 0.25) is 0 Å². The average Bonchev–Trinajstić information content (AvgIpc) is 3.21. The van der Waals surface area contributed by atoms with Gasteiger partial charge in [-0.2, -0.15) is 0 Å². The molecule has 184 valence electrons. The van der Waals surface area contributed by atoms with Gasteiger partial charge in [-0.25, -0.2) is 9.78 Å². The third-order valence-electron chi connectivity index (χ3n) is 6.72. The number of nitrogens with one attached hydrogen (secondary N) is 1. The largest absolute Gasteiger partial charge is 0.466 e. The summed E-state index contributed by atoms with van der Waals surface area (Å²) in [5, 5.41) is 3.77. The molecule has 8 nitrogen and oxygen atoms in total. The first-order chi connectivity index (χ1) is 16.5.